The first kappa shape index (κ1) is 20.4. The first-order chi connectivity index (χ1) is 10.2. The number of hydrogen-bond donors (Lipinski definition) is 0. The molecule has 4 heteroatoms. The van der Waals surface area contributed by atoms with Crippen molar-refractivity contribution in [3.05, 3.63) is 25.2 Å². The molecule has 0 bridgehead atoms. The Labute approximate surface area is 134 Å². The summed E-state index contributed by atoms with van der Waals surface area (Å²) in [6.45, 7) is 13.6. The number of carbonyl (C=O) groups excluding carboxylic acids is 2. The minimum absolute atomic E-state index is 0.113. The van der Waals surface area contributed by atoms with Crippen molar-refractivity contribution in [2.75, 3.05) is 0 Å². The highest BCUT2D eigenvalue weighted by atomic mass is 16.5. The maximum absolute atomic E-state index is 11.6. The Morgan fingerprint density at radius 2 is 1.59 bits per heavy atom. The molecule has 0 radical (unpaired) electrons. The van der Waals surface area contributed by atoms with Crippen LogP contribution in [0.2, 0.25) is 0 Å². The van der Waals surface area contributed by atoms with Crippen LogP contribution in [0, 0.1) is 5.41 Å². The quantitative estimate of drug-likeness (QED) is 0.309. The molecule has 0 rings (SSSR count). The van der Waals surface area contributed by atoms with E-state index in [1.54, 1.807) is 0 Å². The number of ether oxygens (including phenoxy) is 2. The summed E-state index contributed by atoms with van der Waals surface area (Å²) in [5.74, 6) is -0.764. The van der Waals surface area contributed by atoms with E-state index in [1.165, 1.54) is 19.3 Å². The summed E-state index contributed by atoms with van der Waals surface area (Å²) in [6, 6.07) is 0. The van der Waals surface area contributed by atoms with Gasteiger partial charge < -0.3 is 9.47 Å². The minimum atomic E-state index is -0.536. The average molecular weight is 310 g/mol. The third kappa shape index (κ3) is 13.4. The number of carbonyl (C=O) groups is 2. The summed E-state index contributed by atoms with van der Waals surface area (Å²) < 4.78 is 9.50. The molecule has 0 saturated heterocycles. The highest BCUT2D eigenvalue weighted by Crippen LogP contribution is 2.22. The molecule has 126 valence electrons. The van der Waals surface area contributed by atoms with E-state index in [4.69, 9.17) is 4.74 Å². The topological polar surface area (TPSA) is 52.6 Å². The number of rotatable bonds is 11. The van der Waals surface area contributed by atoms with Gasteiger partial charge in [0.1, 0.15) is 12.2 Å². The van der Waals surface area contributed by atoms with Crippen LogP contribution in [0.25, 0.3) is 0 Å². The highest BCUT2D eigenvalue weighted by molar-refractivity contribution is 5.75. The van der Waals surface area contributed by atoms with Crippen molar-refractivity contribution < 1.29 is 19.1 Å². The third-order valence-corrected chi connectivity index (χ3v) is 3.12. The van der Waals surface area contributed by atoms with E-state index >= 15 is 0 Å². The summed E-state index contributed by atoms with van der Waals surface area (Å²) >= 11 is 0. The lowest BCUT2D eigenvalue weighted by Gasteiger charge is -2.17. The molecule has 0 aliphatic heterocycles. The van der Waals surface area contributed by atoms with E-state index in [1.807, 2.05) is 0 Å². The van der Waals surface area contributed by atoms with Gasteiger partial charge in [-0.25, -0.2) is 0 Å². The van der Waals surface area contributed by atoms with Crippen LogP contribution in [0.5, 0.6) is 0 Å². The summed E-state index contributed by atoms with van der Waals surface area (Å²) in [5.41, 5.74) is 0.400. The van der Waals surface area contributed by atoms with Crippen LogP contribution >= 0.6 is 0 Å². The van der Waals surface area contributed by atoms with Gasteiger partial charge in [-0.15, -0.1) is 0 Å². The normalized spacial score (nSPS) is 10.9. The van der Waals surface area contributed by atoms with Gasteiger partial charge in [0.2, 0.25) is 0 Å². The average Bonchev–Trinajstić information content (AvgIpc) is 2.36. The predicted molar refractivity (Wildman–Crippen MR) is 87.9 cm³/mol. The van der Waals surface area contributed by atoms with E-state index in [-0.39, 0.29) is 18.1 Å². The zero-order valence-electron chi connectivity index (χ0n) is 14.3. The van der Waals surface area contributed by atoms with Crippen LogP contribution in [-0.4, -0.2) is 11.9 Å². The number of esters is 2. The lowest BCUT2D eigenvalue weighted by molar-refractivity contribution is -0.142. The van der Waals surface area contributed by atoms with Crippen LogP contribution in [0.15, 0.2) is 25.2 Å². The van der Waals surface area contributed by atoms with E-state index in [0.717, 1.165) is 25.5 Å². The molecule has 4 nitrogen and oxygen atoms in total. The van der Waals surface area contributed by atoms with Gasteiger partial charge >= 0.3 is 11.9 Å². The van der Waals surface area contributed by atoms with Crippen molar-refractivity contribution in [3.63, 3.8) is 0 Å². The van der Waals surface area contributed by atoms with Gasteiger partial charge in [-0.05, 0) is 18.3 Å². The standard InChI is InChI=1S/C18H30O4/c1-6-21-17(20)14-15(2)22-16(19)12-10-8-7-9-11-13-18(3,4)5/h6H,1-2,7-14H2,3-5H3. The summed E-state index contributed by atoms with van der Waals surface area (Å²) in [6.07, 6.45) is 7.88. The predicted octanol–water partition coefficient (Wildman–Crippen LogP) is 4.90. The molecular formula is C18H30O4. The molecule has 0 heterocycles. The van der Waals surface area contributed by atoms with Crippen LogP contribution in [0.4, 0.5) is 0 Å². The SMILES string of the molecule is C=COC(=O)CC(=C)OC(=O)CCCCCCCC(C)(C)C. The Balaban J connectivity index is 3.59. The zero-order valence-corrected chi connectivity index (χ0v) is 14.3. The maximum Gasteiger partial charge on any atom is 0.318 e. The van der Waals surface area contributed by atoms with Gasteiger partial charge in [0, 0.05) is 6.42 Å². The van der Waals surface area contributed by atoms with Crippen LogP contribution in [-0.2, 0) is 19.1 Å². The molecule has 0 aromatic rings. The molecule has 0 spiro atoms. The Morgan fingerprint density at radius 3 is 2.18 bits per heavy atom. The van der Waals surface area contributed by atoms with Gasteiger partial charge in [0.25, 0.3) is 0 Å². The second-order valence-electron chi connectivity index (χ2n) is 6.67. The fourth-order valence-electron chi connectivity index (χ4n) is 2.00. The van der Waals surface area contributed by atoms with Crippen LogP contribution in [0.1, 0.15) is 72.1 Å². The largest absolute Gasteiger partial charge is 0.435 e. The molecule has 0 N–H and O–H groups in total. The summed E-state index contributed by atoms with van der Waals surface area (Å²) in [4.78, 5) is 22.7. The van der Waals surface area contributed by atoms with E-state index in [9.17, 15) is 9.59 Å². The zero-order chi connectivity index (χ0) is 17.0. The molecule has 0 aromatic heterocycles. The van der Waals surface area contributed by atoms with E-state index < -0.39 is 5.97 Å². The minimum Gasteiger partial charge on any atom is -0.435 e. The lowest BCUT2D eigenvalue weighted by atomic mass is 9.89. The Bertz CT molecular complexity index is 377. The van der Waals surface area contributed by atoms with Gasteiger partial charge in [-0.3, -0.25) is 9.59 Å². The first-order valence-corrected chi connectivity index (χ1v) is 7.93. The monoisotopic (exact) mass is 310 g/mol. The molecule has 0 saturated carbocycles. The number of unbranched alkanes of at least 4 members (excludes halogenated alkanes) is 4. The van der Waals surface area contributed by atoms with Crippen molar-refractivity contribution in [1.82, 2.24) is 0 Å². The second-order valence-corrected chi connectivity index (χ2v) is 6.67. The molecule has 0 fully saturated rings. The molecule has 0 amide bonds. The van der Waals surface area contributed by atoms with Gasteiger partial charge in [0.05, 0.1) is 6.26 Å². The summed E-state index contributed by atoms with van der Waals surface area (Å²) in [7, 11) is 0. The molecule has 0 atom stereocenters. The fourth-order valence-corrected chi connectivity index (χ4v) is 2.00. The molecule has 0 aliphatic rings. The van der Waals surface area contributed by atoms with Crippen LogP contribution in [0.3, 0.4) is 0 Å². The Morgan fingerprint density at radius 1 is 1.00 bits per heavy atom. The van der Waals surface area contributed by atoms with E-state index in [2.05, 4.69) is 38.7 Å². The van der Waals surface area contributed by atoms with Gasteiger partial charge in [-0.1, -0.05) is 59.6 Å². The third-order valence-electron chi connectivity index (χ3n) is 3.12. The van der Waals surface area contributed by atoms with Crippen molar-refractivity contribution in [1.29, 1.82) is 0 Å². The van der Waals surface area contributed by atoms with Gasteiger partial charge in [-0.2, -0.15) is 0 Å². The Kier molecular flexibility index (Phi) is 10.3. The van der Waals surface area contributed by atoms with E-state index in [0.29, 0.717) is 11.8 Å². The van der Waals surface area contributed by atoms with Crippen molar-refractivity contribution in [2.24, 2.45) is 5.41 Å². The molecule has 0 aliphatic carbocycles. The first-order valence-electron chi connectivity index (χ1n) is 7.93. The van der Waals surface area contributed by atoms with Crippen molar-refractivity contribution in [3.8, 4) is 0 Å². The highest BCUT2D eigenvalue weighted by Gasteiger charge is 2.11. The second kappa shape index (κ2) is 11.0. The molecule has 22 heavy (non-hydrogen) atoms. The lowest BCUT2D eigenvalue weighted by Crippen LogP contribution is -2.08. The fraction of sp³-hybridized carbons (Fsp3) is 0.667. The summed E-state index contributed by atoms with van der Waals surface area (Å²) in [5, 5.41) is 0. The maximum atomic E-state index is 11.6. The Hall–Kier alpha value is -1.58. The van der Waals surface area contributed by atoms with Gasteiger partial charge in [0.15, 0.2) is 0 Å². The number of hydrogen-bond acceptors (Lipinski definition) is 4. The molecule has 0 aromatic carbocycles. The molecule has 0 unspecified atom stereocenters. The van der Waals surface area contributed by atoms with Crippen molar-refractivity contribution >= 4 is 11.9 Å². The van der Waals surface area contributed by atoms with Crippen LogP contribution < -0.4 is 0 Å². The smallest absolute Gasteiger partial charge is 0.318 e. The van der Waals surface area contributed by atoms with Crippen molar-refractivity contribution in [2.45, 2.75) is 72.1 Å². The molecular weight excluding hydrogens is 280 g/mol.